The smallest absolute Gasteiger partial charge is 0.139 e. The number of rotatable bonds is 4. The first-order valence-electron chi connectivity index (χ1n) is 5.42. The lowest BCUT2D eigenvalue weighted by Gasteiger charge is -2.06. The van der Waals surface area contributed by atoms with E-state index in [0.717, 1.165) is 4.47 Å². The summed E-state index contributed by atoms with van der Waals surface area (Å²) in [7, 11) is -1.21. The van der Waals surface area contributed by atoms with Gasteiger partial charge in [-0.15, -0.1) is 0 Å². The minimum Gasteiger partial charge on any atom is -0.398 e. The van der Waals surface area contributed by atoms with Crippen molar-refractivity contribution in [3.8, 4) is 0 Å². The van der Waals surface area contributed by atoms with Crippen LogP contribution < -0.4 is 5.73 Å². The minimum atomic E-state index is -1.21. The molecule has 2 N–H and O–H groups in total. The van der Waals surface area contributed by atoms with Gasteiger partial charge in [-0.3, -0.25) is 4.21 Å². The fraction of sp³-hybridized carbons (Fsp3) is 0.273. The zero-order chi connectivity index (χ0) is 13.1. The van der Waals surface area contributed by atoms with Crippen molar-refractivity contribution in [1.82, 2.24) is 14.8 Å². The lowest BCUT2D eigenvalue weighted by molar-refractivity contribution is 0.627. The Morgan fingerprint density at radius 1 is 1.50 bits per heavy atom. The maximum absolute atomic E-state index is 12.2. The Bertz CT molecular complexity index is 584. The van der Waals surface area contributed by atoms with Crippen molar-refractivity contribution in [2.24, 2.45) is 0 Å². The number of aromatic nitrogens is 3. The summed E-state index contributed by atoms with van der Waals surface area (Å²) in [6.07, 6.45) is 1.47. The van der Waals surface area contributed by atoms with E-state index < -0.39 is 10.8 Å². The third kappa shape index (κ3) is 2.78. The molecule has 5 nitrogen and oxygen atoms in total. The molecule has 1 aromatic heterocycles. The van der Waals surface area contributed by atoms with Crippen LogP contribution in [-0.2, 0) is 23.1 Å². The molecule has 1 atom stereocenters. The van der Waals surface area contributed by atoms with E-state index in [1.165, 1.54) is 6.33 Å². The Balaban J connectivity index is 2.22. The number of nitrogens with two attached hydrogens (primary N) is 1. The maximum atomic E-state index is 12.2. The summed E-state index contributed by atoms with van der Waals surface area (Å²) in [4.78, 5) is 4.74. The van der Waals surface area contributed by atoms with Crippen LogP contribution in [0.25, 0.3) is 0 Å². The molecule has 0 bridgehead atoms. The van der Waals surface area contributed by atoms with Gasteiger partial charge in [-0.05, 0) is 25.1 Å². The second-order valence-corrected chi connectivity index (χ2v) is 6.00. The van der Waals surface area contributed by atoms with Crippen molar-refractivity contribution in [3.63, 3.8) is 0 Å². The monoisotopic (exact) mass is 328 g/mol. The van der Waals surface area contributed by atoms with Gasteiger partial charge in [-0.25, -0.2) is 9.67 Å². The largest absolute Gasteiger partial charge is 0.398 e. The van der Waals surface area contributed by atoms with Crippen LogP contribution in [0.4, 0.5) is 5.69 Å². The fourth-order valence-corrected chi connectivity index (χ4v) is 3.12. The molecule has 0 amide bonds. The summed E-state index contributed by atoms with van der Waals surface area (Å²) in [6.45, 7) is 2.68. The number of benzene rings is 1. The molecular formula is C11H13BrN4OS. The van der Waals surface area contributed by atoms with E-state index in [1.807, 2.05) is 13.0 Å². The van der Waals surface area contributed by atoms with Crippen LogP contribution in [0, 0.1) is 0 Å². The molecule has 1 heterocycles. The van der Waals surface area contributed by atoms with Gasteiger partial charge >= 0.3 is 0 Å². The molecule has 0 spiro atoms. The van der Waals surface area contributed by atoms with Crippen molar-refractivity contribution in [2.45, 2.75) is 24.1 Å². The molecule has 0 aliphatic heterocycles. The third-order valence-electron chi connectivity index (χ3n) is 2.47. The normalized spacial score (nSPS) is 12.6. The molecule has 2 rings (SSSR count). The van der Waals surface area contributed by atoms with E-state index in [4.69, 9.17) is 5.73 Å². The summed E-state index contributed by atoms with van der Waals surface area (Å²) in [5.41, 5.74) is 6.37. The Hall–Kier alpha value is -1.21. The third-order valence-corrected chi connectivity index (χ3v) is 4.35. The zero-order valence-electron chi connectivity index (χ0n) is 9.84. The lowest BCUT2D eigenvalue weighted by Crippen LogP contribution is -2.08. The summed E-state index contributed by atoms with van der Waals surface area (Å²) in [5.74, 6) is 1.03. The van der Waals surface area contributed by atoms with Gasteiger partial charge in [-0.2, -0.15) is 5.10 Å². The number of halogens is 1. The summed E-state index contributed by atoms with van der Waals surface area (Å²) < 4.78 is 14.8. The number of anilines is 1. The van der Waals surface area contributed by atoms with Crippen LogP contribution in [0.3, 0.4) is 0 Å². The number of hydrogen-bond acceptors (Lipinski definition) is 4. The predicted molar refractivity (Wildman–Crippen MR) is 74.4 cm³/mol. The van der Waals surface area contributed by atoms with Gasteiger partial charge in [0, 0.05) is 16.7 Å². The predicted octanol–water partition coefficient (Wildman–Crippen LogP) is 1.95. The zero-order valence-corrected chi connectivity index (χ0v) is 12.2. The number of nitrogens with zero attached hydrogens (tertiary/aromatic N) is 3. The summed E-state index contributed by atoms with van der Waals surface area (Å²) in [5, 5.41) is 4.05. The van der Waals surface area contributed by atoms with Gasteiger partial charge in [-0.1, -0.05) is 15.9 Å². The highest BCUT2D eigenvalue weighted by Gasteiger charge is 2.12. The van der Waals surface area contributed by atoms with Crippen molar-refractivity contribution in [2.75, 3.05) is 5.73 Å². The highest BCUT2D eigenvalue weighted by atomic mass is 79.9. The minimum absolute atomic E-state index is 0.319. The molecule has 0 aliphatic carbocycles. The topological polar surface area (TPSA) is 73.8 Å². The van der Waals surface area contributed by atoms with Crippen LogP contribution >= 0.6 is 15.9 Å². The fourth-order valence-electron chi connectivity index (χ4n) is 1.59. The second kappa shape index (κ2) is 5.62. The van der Waals surface area contributed by atoms with E-state index in [-0.39, 0.29) is 0 Å². The molecule has 7 heteroatoms. The Labute approximate surface area is 116 Å². The molecule has 2 aromatic rings. The molecule has 0 saturated heterocycles. The molecule has 0 aliphatic rings. The summed E-state index contributed by atoms with van der Waals surface area (Å²) in [6, 6.07) is 5.34. The molecule has 0 saturated carbocycles. The molecule has 0 radical (unpaired) electrons. The first kappa shape index (κ1) is 13.2. The highest BCUT2D eigenvalue weighted by Crippen LogP contribution is 2.22. The van der Waals surface area contributed by atoms with Crippen LogP contribution in [-0.4, -0.2) is 19.0 Å². The van der Waals surface area contributed by atoms with Crippen molar-refractivity contribution >= 4 is 32.4 Å². The molecule has 96 valence electrons. The van der Waals surface area contributed by atoms with E-state index >= 15 is 0 Å². The van der Waals surface area contributed by atoms with Crippen molar-refractivity contribution in [1.29, 1.82) is 0 Å². The Morgan fingerprint density at radius 2 is 2.28 bits per heavy atom. The van der Waals surface area contributed by atoms with Crippen molar-refractivity contribution < 1.29 is 4.21 Å². The van der Waals surface area contributed by atoms with E-state index in [9.17, 15) is 4.21 Å². The standard InChI is InChI=1S/C11H13BrN4OS/c1-2-16-11(14-7-15-16)6-18(17)10-4-3-8(12)5-9(10)13/h3-5,7H,2,6,13H2,1H3. The van der Waals surface area contributed by atoms with Crippen LogP contribution in [0.2, 0.25) is 0 Å². The van der Waals surface area contributed by atoms with Crippen LogP contribution in [0.15, 0.2) is 33.9 Å². The van der Waals surface area contributed by atoms with E-state index in [2.05, 4.69) is 26.0 Å². The first-order chi connectivity index (χ1) is 8.61. The Kier molecular flexibility index (Phi) is 4.13. The van der Waals surface area contributed by atoms with E-state index in [1.54, 1.807) is 16.8 Å². The van der Waals surface area contributed by atoms with Gasteiger partial charge in [0.15, 0.2) is 0 Å². The summed E-state index contributed by atoms with van der Waals surface area (Å²) >= 11 is 3.32. The number of nitrogen functional groups attached to an aromatic ring is 1. The van der Waals surface area contributed by atoms with Crippen LogP contribution in [0.1, 0.15) is 12.7 Å². The second-order valence-electron chi connectivity index (χ2n) is 3.66. The van der Waals surface area contributed by atoms with Gasteiger partial charge in [0.1, 0.15) is 12.2 Å². The van der Waals surface area contributed by atoms with Crippen molar-refractivity contribution in [3.05, 3.63) is 34.8 Å². The molecule has 1 unspecified atom stereocenters. The molecule has 0 fully saturated rings. The SMILES string of the molecule is CCn1ncnc1CS(=O)c1ccc(Br)cc1N. The molecular weight excluding hydrogens is 316 g/mol. The first-order valence-corrected chi connectivity index (χ1v) is 7.53. The molecule has 18 heavy (non-hydrogen) atoms. The highest BCUT2D eigenvalue weighted by molar-refractivity contribution is 9.10. The van der Waals surface area contributed by atoms with Gasteiger partial charge in [0.2, 0.25) is 0 Å². The molecule has 1 aromatic carbocycles. The average Bonchev–Trinajstić information content (AvgIpc) is 2.76. The quantitative estimate of drug-likeness (QED) is 0.870. The van der Waals surface area contributed by atoms with E-state index in [0.29, 0.717) is 28.7 Å². The van der Waals surface area contributed by atoms with Gasteiger partial charge in [0.25, 0.3) is 0 Å². The van der Waals surface area contributed by atoms with Gasteiger partial charge < -0.3 is 5.73 Å². The average molecular weight is 329 g/mol. The van der Waals surface area contributed by atoms with Crippen LogP contribution in [0.5, 0.6) is 0 Å². The number of hydrogen-bond donors (Lipinski definition) is 1. The lowest BCUT2D eigenvalue weighted by atomic mass is 10.3. The number of aryl methyl sites for hydroxylation is 1. The van der Waals surface area contributed by atoms with Gasteiger partial charge in [0.05, 0.1) is 21.4 Å². The Morgan fingerprint density at radius 3 is 2.94 bits per heavy atom. The maximum Gasteiger partial charge on any atom is 0.139 e.